The lowest BCUT2D eigenvalue weighted by molar-refractivity contribution is 0.231. The zero-order valence-electron chi connectivity index (χ0n) is 3.34. The molecule has 1 aliphatic heterocycles. The molecular weight excluding hydrogens is 98.0 g/mol. The zero-order valence-corrected chi connectivity index (χ0v) is 3.34. The molecule has 7 heavy (non-hydrogen) atoms. The van der Waals surface area contributed by atoms with Gasteiger partial charge >= 0.3 is 12.1 Å². The van der Waals surface area contributed by atoms with Crippen LogP contribution in [0.5, 0.6) is 0 Å². The fourth-order valence-corrected chi connectivity index (χ4v) is 0.226. The molecule has 0 saturated carbocycles. The Morgan fingerprint density at radius 1 is 1.86 bits per heavy atom. The molecule has 1 saturated heterocycles. The maximum Gasteiger partial charge on any atom is 0.364 e. The lowest BCUT2D eigenvalue weighted by atomic mass is 11.0. The number of hydrazine groups is 1. The molecule has 0 aromatic heterocycles. The van der Waals surface area contributed by atoms with Crippen LogP contribution in [0.25, 0.3) is 0 Å². The van der Waals surface area contributed by atoms with Crippen molar-refractivity contribution < 1.29 is 9.59 Å². The first-order chi connectivity index (χ1) is 3.22. The van der Waals surface area contributed by atoms with Gasteiger partial charge in [-0.05, 0) is 0 Å². The summed E-state index contributed by atoms with van der Waals surface area (Å²) in [5, 5.41) is 0.708. The first kappa shape index (κ1) is 3.91. The zero-order chi connectivity index (χ0) is 5.44. The molecule has 1 aliphatic rings. The van der Waals surface area contributed by atoms with Crippen LogP contribution in [-0.4, -0.2) is 17.1 Å². The van der Waals surface area contributed by atoms with E-state index in [9.17, 15) is 9.59 Å². The highest BCUT2D eigenvalue weighted by atomic mass is 16.2. The fourth-order valence-electron chi connectivity index (χ4n) is 0.226. The van der Waals surface area contributed by atoms with Gasteiger partial charge < -0.3 is 5.73 Å². The summed E-state index contributed by atoms with van der Waals surface area (Å²) in [6, 6.07) is -1.20. The summed E-state index contributed by atoms with van der Waals surface area (Å²) < 4.78 is 0. The van der Waals surface area contributed by atoms with Gasteiger partial charge in [-0.15, -0.1) is 5.01 Å². The predicted octanol–water partition coefficient (Wildman–Crippen LogP) is -0.995. The van der Waals surface area contributed by atoms with Crippen LogP contribution in [-0.2, 0) is 0 Å². The van der Waals surface area contributed by atoms with Crippen LogP contribution in [0.4, 0.5) is 9.59 Å². The van der Waals surface area contributed by atoms with Crippen LogP contribution < -0.4 is 11.2 Å². The fraction of sp³-hybridized carbons (Fsp3) is 0. The first-order valence-corrected chi connectivity index (χ1v) is 1.62. The van der Waals surface area contributed by atoms with E-state index in [1.54, 1.807) is 0 Å². The Bertz CT molecular complexity index is 131. The van der Waals surface area contributed by atoms with Crippen LogP contribution in [0.15, 0.2) is 0 Å². The molecule has 38 valence electrons. The Labute approximate surface area is 39.0 Å². The van der Waals surface area contributed by atoms with Gasteiger partial charge in [-0.25, -0.2) is 15.0 Å². The molecular formula is C2H3N3O2. The molecule has 0 radical (unpaired) electrons. The molecule has 4 amide bonds. The molecule has 0 aromatic rings. The van der Waals surface area contributed by atoms with Gasteiger partial charge in [0.05, 0.1) is 0 Å². The van der Waals surface area contributed by atoms with Crippen LogP contribution in [0, 0.1) is 0 Å². The lowest BCUT2D eigenvalue weighted by Gasteiger charge is -1.79. The summed E-state index contributed by atoms with van der Waals surface area (Å²) in [5.41, 5.74) is 6.64. The molecule has 3 N–H and O–H groups in total. The molecule has 0 aliphatic carbocycles. The smallest absolute Gasteiger partial charge is 0.350 e. The summed E-state index contributed by atoms with van der Waals surface area (Å²) in [6.07, 6.45) is 0. The molecule has 5 heteroatoms. The average Bonchev–Trinajstić information content (AvgIpc) is 2.17. The number of hydrogen-bond donors (Lipinski definition) is 2. The van der Waals surface area contributed by atoms with Crippen molar-refractivity contribution in [2.24, 2.45) is 5.73 Å². The third-order valence-electron chi connectivity index (χ3n) is 0.581. The number of nitrogens with one attached hydrogen (secondary N) is 1. The molecule has 1 rings (SSSR count). The highest BCUT2D eigenvalue weighted by Gasteiger charge is 2.34. The largest absolute Gasteiger partial charge is 0.364 e. The molecule has 0 atom stereocenters. The minimum absolute atomic E-state index is 0.437. The molecule has 0 bridgehead atoms. The highest BCUT2D eigenvalue weighted by molar-refractivity contribution is 6.02. The van der Waals surface area contributed by atoms with Gasteiger partial charge in [-0.1, -0.05) is 0 Å². The Balaban J connectivity index is 2.48. The Morgan fingerprint density at radius 2 is 2.29 bits per heavy atom. The lowest BCUT2D eigenvalue weighted by Crippen LogP contribution is -2.20. The summed E-state index contributed by atoms with van der Waals surface area (Å²) in [6.45, 7) is 0. The number of nitrogens with zero attached hydrogens (tertiary/aromatic N) is 1. The van der Waals surface area contributed by atoms with Gasteiger partial charge in [0, 0.05) is 0 Å². The Hall–Kier alpha value is -1.26. The van der Waals surface area contributed by atoms with Crippen molar-refractivity contribution in [2.45, 2.75) is 0 Å². The maximum atomic E-state index is 9.84. The van der Waals surface area contributed by atoms with Crippen molar-refractivity contribution in [3.63, 3.8) is 0 Å². The Kier molecular flexibility index (Phi) is 0.485. The topological polar surface area (TPSA) is 85.1 Å². The van der Waals surface area contributed by atoms with E-state index in [1.165, 1.54) is 0 Å². The van der Waals surface area contributed by atoms with E-state index in [4.69, 9.17) is 0 Å². The second-order valence-electron chi connectivity index (χ2n) is 1.09. The van der Waals surface area contributed by atoms with Gasteiger partial charge in [0.1, 0.15) is 0 Å². The van der Waals surface area contributed by atoms with Crippen molar-refractivity contribution in [2.75, 3.05) is 0 Å². The van der Waals surface area contributed by atoms with Gasteiger partial charge in [0.25, 0.3) is 0 Å². The van der Waals surface area contributed by atoms with Gasteiger partial charge in [0.15, 0.2) is 0 Å². The summed E-state index contributed by atoms with van der Waals surface area (Å²) >= 11 is 0. The molecule has 0 aromatic carbocycles. The number of nitrogens with two attached hydrogens (primary N) is 1. The minimum Gasteiger partial charge on any atom is -0.350 e. The molecule has 1 fully saturated rings. The molecule has 1 heterocycles. The molecule has 5 nitrogen and oxygen atoms in total. The van der Waals surface area contributed by atoms with E-state index in [2.05, 4.69) is 11.2 Å². The van der Waals surface area contributed by atoms with Crippen molar-refractivity contribution in [1.82, 2.24) is 10.4 Å². The average molecular weight is 101 g/mol. The highest BCUT2D eigenvalue weighted by Crippen LogP contribution is 1.95. The van der Waals surface area contributed by atoms with E-state index < -0.39 is 12.1 Å². The van der Waals surface area contributed by atoms with Crippen molar-refractivity contribution in [1.29, 1.82) is 0 Å². The third-order valence-corrected chi connectivity index (χ3v) is 0.581. The molecule has 0 spiro atoms. The number of hydrogen-bond acceptors (Lipinski definition) is 2. The first-order valence-electron chi connectivity index (χ1n) is 1.62. The van der Waals surface area contributed by atoms with Crippen molar-refractivity contribution in [3.05, 3.63) is 0 Å². The second kappa shape index (κ2) is 0.868. The van der Waals surface area contributed by atoms with Gasteiger partial charge in [-0.3, -0.25) is 0 Å². The normalized spacial score (nSPS) is 16.0. The number of carbonyl (C=O) groups excluding carboxylic acids is 2. The van der Waals surface area contributed by atoms with Crippen molar-refractivity contribution in [3.8, 4) is 0 Å². The summed E-state index contributed by atoms with van der Waals surface area (Å²) in [4.78, 5) is 19.7. The number of imide groups is 1. The van der Waals surface area contributed by atoms with Crippen LogP contribution in [0.3, 0.4) is 0 Å². The van der Waals surface area contributed by atoms with Crippen molar-refractivity contribution >= 4 is 12.1 Å². The van der Waals surface area contributed by atoms with Crippen LogP contribution in [0.2, 0.25) is 0 Å². The predicted molar refractivity (Wildman–Crippen MR) is 20.0 cm³/mol. The van der Waals surface area contributed by atoms with Crippen LogP contribution >= 0.6 is 0 Å². The third kappa shape index (κ3) is 0.466. The monoisotopic (exact) mass is 101 g/mol. The maximum absolute atomic E-state index is 9.84. The minimum atomic E-state index is -0.759. The van der Waals surface area contributed by atoms with E-state index in [1.807, 2.05) is 0 Å². The Morgan fingerprint density at radius 3 is 2.29 bits per heavy atom. The molecule has 0 unspecified atom stereocenters. The van der Waals surface area contributed by atoms with E-state index in [0.717, 1.165) is 0 Å². The summed E-state index contributed by atoms with van der Waals surface area (Å²) in [7, 11) is 0. The standard InChI is InChI=1S/C2H3N3O2/c3-1(6)5-2(7)4-5/h(H2,3,6)(H,4,7). The summed E-state index contributed by atoms with van der Waals surface area (Å²) in [5.74, 6) is 0. The number of primary amides is 1. The van der Waals surface area contributed by atoms with Gasteiger partial charge in [-0.2, -0.15) is 0 Å². The number of urea groups is 2. The second-order valence-corrected chi connectivity index (χ2v) is 1.09. The van der Waals surface area contributed by atoms with Crippen LogP contribution in [0.1, 0.15) is 0 Å². The van der Waals surface area contributed by atoms with E-state index in [-0.39, 0.29) is 0 Å². The van der Waals surface area contributed by atoms with E-state index >= 15 is 0 Å². The van der Waals surface area contributed by atoms with Gasteiger partial charge in [0.2, 0.25) is 0 Å². The van der Waals surface area contributed by atoms with E-state index in [0.29, 0.717) is 5.01 Å². The quantitative estimate of drug-likeness (QED) is 0.383. The number of carbonyl (C=O) groups is 2. The number of amides is 4. The number of rotatable bonds is 0. The SMILES string of the molecule is NC(=O)N1NC1=O.